The minimum absolute atomic E-state index is 0.198. The van der Waals surface area contributed by atoms with Crippen LogP contribution in [0.5, 0.6) is 0 Å². The summed E-state index contributed by atoms with van der Waals surface area (Å²) in [5.41, 5.74) is -0.787. The van der Waals surface area contributed by atoms with E-state index in [9.17, 15) is 4.79 Å². The average molecular weight is 167 g/mol. The Morgan fingerprint density at radius 2 is 2.44 bits per heavy atom. The Hall–Kier alpha value is -0.150. The topological polar surface area (TPSA) is 26.3 Å². The van der Waals surface area contributed by atoms with Crippen molar-refractivity contribution in [2.45, 2.75) is 0 Å². The van der Waals surface area contributed by atoms with E-state index >= 15 is 0 Å². The van der Waals surface area contributed by atoms with Crippen molar-refractivity contribution < 1.29 is 9.53 Å². The minimum atomic E-state index is -0.787. The number of rotatable bonds is 3. The third-order valence-corrected chi connectivity index (χ3v) is 1.44. The third-order valence-electron chi connectivity index (χ3n) is 0.635. The standard InChI is InChI=1S/C5H7ClO2S/c1-4(9-2)3-8-5(6)7/h1,3H2,2H3. The molecule has 4 heteroatoms. The summed E-state index contributed by atoms with van der Waals surface area (Å²) in [6, 6.07) is 0. The molecule has 0 unspecified atom stereocenters. The lowest BCUT2D eigenvalue weighted by Gasteiger charge is -1.98. The molecule has 0 fully saturated rings. The van der Waals surface area contributed by atoms with Crippen LogP contribution in [-0.2, 0) is 4.74 Å². The smallest absolute Gasteiger partial charge is 0.404 e. The number of carbonyl (C=O) groups excluding carboxylic acids is 1. The van der Waals surface area contributed by atoms with Crippen LogP contribution in [0.25, 0.3) is 0 Å². The van der Waals surface area contributed by atoms with Gasteiger partial charge in [0.1, 0.15) is 6.61 Å². The SMILES string of the molecule is C=C(COC(=O)Cl)SC. The fourth-order valence-electron chi connectivity index (χ4n) is 0.196. The lowest BCUT2D eigenvalue weighted by atomic mass is 10.7. The van der Waals surface area contributed by atoms with Crippen LogP contribution in [0.2, 0.25) is 0 Å². The molecule has 9 heavy (non-hydrogen) atoms. The molecule has 0 aromatic carbocycles. The van der Waals surface area contributed by atoms with Crippen molar-refractivity contribution in [3.05, 3.63) is 11.5 Å². The maximum atomic E-state index is 9.96. The summed E-state index contributed by atoms with van der Waals surface area (Å²) in [7, 11) is 0. The normalized spacial score (nSPS) is 8.67. The van der Waals surface area contributed by atoms with Crippen LogP contribution in [0.15, 0.2) is 11.5 Å². The Morgan fingerprint density at radius 3 is 2.78 bits per heavy atom. The van der Waals surface area contributed by atoms with Gasteiger partial charge < -0.3 is 4.74 Å². The molecule has 0 saturated carbocycles. The fourth-order valence-corrected chi connectivity index (χ4v) is 0.427. The lowest BCUT2D eigenvalue weighted by Crippen LogP contribution is -1.95. The van der Waals surface area contributed by atoms with Crippen LogP contribution < -0.4 is 0 Å². The van der Waals surface area contributed by atoms with Crippen LogP contribution in [0.1, 0.15) is 0 Å². The first-order valence-electron chi connectivity index (χ1n) is 2.21. The Balaban J connectivity index is 3.28. The number of hydrogen-bond donors (Lipinski definition) is 0. The van der Waals surface area contributed by atoms with Crippen LogP contribution in [0.3, 0.4) is 0 Å². The summed E-state index contributed by atoms with van der Waals surface area (Å²) in [6.45, 7) is 3.77. The van der Waals surface area contributed by atoms with Crippen molar-refractivity contribution in [2.75, 3.05) is 12.9 Å². The molecule has 0 saturated heterocycles. The van der Waals surface area contributed by atoms with Gasteiger partial charge in [0.2, 0.25) is 0 Å². The van der Waals surface area contributed by atoms with Gasteiger partial charge in [-0.1, -0.05) is 6.58 Å². The summed E-state index contributed by atoms with van der Waals surface area (Å²) in [4.78, 5) is 10.7. The van der Waals surface area contributed by atoms with E-state index in [4.69, 9.17) is 11.6 Å². The largest absolute Gasteiger partial charge is 0.448 e. The molecule has 0 rings (SSSR count). The second-order valence-electron chi connectivity index (χ2n) is 1.27. The molecule has 0 spiro atoms. The zero-order valence-electron chi connectivity index (χ0n) is 5.02. The van der Waals surface area contributed by atoms with Gasteiger partial charge in [-0.05, 0) is 6.26 Å². The molecular formula is C5H7ClO2S. The zero-order chi connectivity index (χ0) is 7.28. The van der Waals surface area contributed by atoms with Gasteiger partial charge in [0.15, 0.2) is 0 Å². The maximum absolute atomic E-state index is 9.96. The summed E-state index contributed by atoms with van der Waals surface area (Å²) >= 11 is 6.30. The van der Waals surface area contributed by atoms with Crippen molar-refractivity contribution in [2.24, 2.45) is 0 Å². The first kappa shape index (κ1) is 8.85. The molecule has 2 nitrogen and oxygen atoms in total. The second-order valence-corrected chi connectivity index (χ2v) is 2.56. The molecule has 0 N–H and O–H groups in total. The van der Waals surface area contributed by atoms with Gasteiger partial charge in [-0.15, -0.1) is 11.8 Å². The molecular weight excluding hydrogens is 160 g/mol. The van der Waals surface area contributed by atoms with E-state index in [-0.39, 0.29) is 6.61 Å². The van der Waals surface area contributed by atoms with Gasteiger partial charge in [-0.3, -0.25) is 0 Å². The highest BCUT2D eigenvalue weighted by Crippen LogP contribution is 2.08. The van der Waals surface area contributed by atoms with Crippen LogP contribution in [0, 0.1) is 0 Å². The van der Waals surface area contributed by atoms with E-state index in [1.165, 1.54) is 11.8 Å². The molecule has 0 aromatic heterocycles. The molecule has 0 bridgehead atoms. The molecule has 52 valence electrons. The zero-order valence-corrected chi connectivity index (χ0v) is 6.59. The Bertz CT molecular complexity index is 124. The highest BCUT2D eigenvalue weighted by atomic mass is 35.5. The van der Waals surface area contributed by atoms with Gasteiger partial charge >= 0.3 is 5.43 Å². The van der Waals surface area contributed by atoms with Crippen LogP contribution >= 0.6 is 23.4 Å². The van der Waals surface area contributed by atoms with Gasteiger partial charge in [0.25, 0.3) is 0 Å². The Labute approximate surface area is 63.2 Å². The van der Waals surface area contributed by atoms with Crippen molar-refractivity contribution in [3.63, 3.8) is 0 Å². The Kier molecular flexibility index (Phi) is 4.62. The number of hydrogen-bond acceptors (Lipinski definition) is 3. The van der Waals surface area contributed by atoms with Crippen LogP contribution in [-0.4, -0.2) is 18.3 Å². The highest BCUT2D eigenvalue weighted by molar-refractivity contribution is 8.02. The van der Waals surface area contributed by atoms with E-state index in [1.54, 1.807) is 0 Å². The molecule has 0 amide bonds. The molecule has 0 atom stereocenters. The summed E-state index contributed by atoms with van der Waals surface area (Å²) < 4.78 is 4.40. The molecule has 0 radical (unpaired) electrons. The van der Waals surface area contributed by atoms with Crippen molar-refractivity contribution in [1.29, 1.82) is 0 Å². The third kappa shape index (κ3) is 5.73. The van der Waals surface area contributed by atoms with E-state index in [1.807, 2.05) is 6.26 Å². The minimum Gasteiger partial charge on any atom is -0.448 e. The summed E-state index contributed by atoms with van der Waals surface area (Å²) in [5, 5.41) is 0. The molecule has 0 heterocycles. The van der Waals surface area contributed by atoms with Crippen molar-refractivity contribution in [3.8, 4) is 0 Å². The number of carbonyl (C=O) groups is 1. The average Bonchev–Trinajstić information content (AvgIpc) is 1.83. The number of halogens is 1. The predicted octanol–water partition coefficient (Wildman–Crippen LogP) is 2.24. The van der Waals surface area contributed by atoms with Gasteiger partial charge in [0, 0.05) is 16.5 Å². The van der Waals surface area contributed by atoms with E-state index in [0.29, 0.717) is 0 Å². The van der Waals surface area contributed by atoms with E-state index in [2.05, 4.69) is 11.3 Å². The molecule has 0 aliphatic carbocycles. The second kappa shape index (κ2) is 4.70. The fraction of sp³-hybridized carbons (Fsp3) is 0.400. The van der Waals surface area contributed by atoms with E-state index in [0.717, 1.165) is 4.91 Å². The maximum Gasteiger partial charge on any atom is 0.404 e. The Morgan fingerprint density at radius 1 is 1.89 bits per heavy atom. The van der Waals surface area contributed by atoms with E-state index < -0.39 is 5.43 Å². The van der Waals surface area contributed by atoms with Gasteiger partial charge in [-0.25, -0.2) is 4.79 Å². The highest BCUT2D eigenvalue weighted by Gasteiger charge is 1.95. The monoisotopic (exact) mass is 166 g/mol. The quantitative estimate of drug-likeness (QED) is 0.602. The number of thioether (sulfide) groups is 1. The summed E-state index contributed by atoms with van der Waals surface area (Å²) in [6.07, 6.45) is 1.85. The summed E-state index contributed by atoms with van der Waals surface area (Å²) in [5.74, 6) is 0. The van der Waals surface area contributed by atoms with Gasteiger partial charge in [-0.2, -0.15) is 0 Å². The first-order valence-corrected chi connectivity index (χ1v) is 3.81. The van der Waals surface area contributed by atoms with Crippen molar-refractivity contribution >= 4 is 28.8 Å². The van der Waals surface area contributed by atoms with Crippen LogP contribution in [0.4, 0.5) is 4.79 Å². The molecule has 0 aliphatic heterocycles. The number of ether oxygens (including phenoxy) is 1. The molecule has 0 aliphatic rings. The van der Waals surface area contributed by atoms with Gasteiger partial charge in [0.05, 0.1) is 0 Å². The lowest BCUT2D eigenvalue weighted by molar-refractivity contribution is 0.185. The first-order chi connectivity index (χ1) is 4.16. The predicted molar refractivity (Wildman–Crippen MR) is 39.9 cm³/mol. The van der Waals surface area contributed by atoms with Crippen molar-refractivity contribution in [1.82, 2.24) is 0 Å². The molecule has 0 aromatic rings.